The van der Waals surface area contributed by atoms with Crippen molar-refractivity contribution in [3.05, 3.63) is 169 Å². The first-order chi connectivity index (χ1) is 26.4. The van der Waals surface area contributed by atoms with E-state index in [2.05, 4.69) is 188 Å². The highest BCUT2D eigenvalue weighted by atomic mass is 15.3. The Kier molecular flexibility index (Phi) is 6.81. The SMILES string of the molecule is Cc1cc2c3c(c1)N1c4c(cc(-c5ccccc5)cc4C4(C)CCCCC14C)B3c1cc(-c3ccccc3)ccc1N2c1ccc(-c2ccccc2)cc1. The van der Waals surface area contributed by atoms with Crippen LogP contribution in [0.5, 0.6) is 0 Å². The van der Waals surface area contributed by atoms with Gasteiger partial charge < -0.3 is 9.80 Å². The topological polar surface area (TPSA) is 6.48 Å². The molecule has 0 aromatic heterocycles. The second-order valence-corrected chi connectivity index (χ2v) is 16.5. The molecule has 0 saturated heterocycles. The molecule has 3 aliphatic heterocycles. The van der Waals surface area contributed by atoms with Gasteiger partial charge in [-0.3, -0.25) is 0 Å². The van der Waals surface area contributed by atoms with Gasteiger partial charge in [0.2, 0.25) is 0 Å². The second-order valence-electron chi connectivity index (χ2n) is 16.5. The summed E-state index contributed by atoms with van der Waals surface area (Å²) in [6.45, 7) is 7.55. The van der Waals surface area contributed by atoms with E-state index in [1.54, 1.807) is 0 Å². The number of hydrogen-bond acceptors (Lipinski definition) is 2. The van der Waals surface area contributed by atoms with Gasteiger partial charge in [-0.15, -0.1) is 0 Å². The van der Waals surface area contributed by atoms with Crippen LogP contribution in [0, 0.1) is 6.92 Å². The van der Waals surface area contributed by atoms with Gasteiger partial charge in [0.25, 0.3) is 6.71 Å². The van der Waals surface area contributed by atoms with E-state index in [0.717, 1.165) is 0 Å². The van der Waals surface area contributed by atoms with E-state index in [-0.39, 0.29) is 17.7 Å². The van der Waals surface area contributed by atoms with Crippen LogP contribution in [0.15, 0.2) is 158 Å². The van der Waals surface area contributed by atoms with E-state index < -0.39 is 0 Å². The van der Waals surface area contributed by atoms with Crippen molar-refractivity contribution < 1.29 is 0 Å². The largest absolute Gasteiger partial charge is 0.335 e. The highest BCUT2D eigenvalue weighted by Crippen LogP contribution is 2.62. The van der Waals surface area contributed by atoms with Crippen LogP contribution in [0.2, 0.25) is 0 Å². The molecule has 2 atom stereocenters. The van der Waals surface area contributed by atoms with Gasteiger partial charge in [0.05, 0.1) is 5.54 Å². The van der Waals surface area contributed by atoms with Crippen LogP contribution in [0.3, 0.4) is 0 Å². The summed E-state index contributed by atoms with van der Waals surface area (Å²) in [5, 5.41) is 0. The Balaban J connectivity index is 1.22. The number of benzene rings is 7. The lowest BCUT2D eigenvalue weighted by Gasteiger charge is -2.52. The van der Waals surface area contributed by atoms with E-state index >= 15 is 0 Å². The molecular weight excluding hydrogens is 651 g/mol. The molecule has 260 valence electrons. The predicted octanol–water partition coefficient (Wildman–Crippen LogP) is 11.4. The minimum atomic E-state index is -0.0293. The third-order valence-electron chi connectivity index (χ3n) is 13.6. The average molecular weight is 695 g/mol. The third kappa shape index (κ3) is 4.36. The summed E-state index contributed by atoms with van der Waals surface area (Å²) in [6.07, 6.45) is 4.93. The fourth-order valence-corrected chi connectivity index (χ4v) is 10.8. The van der Waals surface area contributed by atoms with E-state index in [0.29, 0.717) is 0 Å². The van der Waals surface area contributed by atoms with E-state index in [4.69, 9.17) is 0 Å². The Hall–Kier alpha value is -5.80. The molecule has 11 rings (SSSR count). The molecule has 7 aromatic carbocycles. The summed E-state index contributed by atoms with van der Waals surface area (Å²) in [5.41, 5.74) is 21.3. The minimum absolute atomic E-state index is 0.0293. The highest BCUT2D eigenvalue weighted by molar-refractivity contribution is 7.00. The van der Waals surface area contributed by atoms with Crippen molar-refractivity contribution in [2.75, 3.05) is 9.80 Å². The summed E-state index contributed by atoms with van der Waals surface area (Å²) in [7, 11) is 0. The van der Waals surface area contributed by atoms with Crippen LogP contribution in [0.25, 0.3) is 33.4 Å². The van der Waals surface area contributed by atoms with Crippen LogP contribution in [0.1, 0.15) is 50.7 Å². The maximum absolute atomic E-state index is 2.84. The Morgan fingerprint density at radius 2 is 1.06 bits per heavy atom. The zero-order valence-electron chi connectivity index (χ0n) is 31.3. The first kappa shape index (κ1) is 31.7. The standard InChI is InChI=1S/C51H43BN2/c1-34-29-46-48-47(30-34)54-49-42(50(2)27-13-14-28-51(50,54)3)31-40(37-19-11-6-12-20-37)33-44(49)52(48)43-32-39(36-17-9-5-10-18-36)23-26-45(43)53(46)41-24-21-38(22-25-41)35-15-7-4-8-16-35/h4-12,15-26,29-33H,13-14,27-28H2,1-3H3. The molecule has 0 spiro atoms. The van der Waals surface area contributed by atoms with Gasteiger partial charge in [0.15, 0.2) is 0 Å². The van der Waals surface area contributed by atoms with Gasteiger partial charge in [0, 0.05) is 33.9 Å². The minimum Gasteiger partial charge on any atom is -0.335 e. The molecule has 1 saturated carbocycles. The number of rotatable bonds is 4. The van der Waals surface area contributed by atoms with Gasteiger partial charge in [-0.25, -0.2) is 0 Å². The number of aryl methyl sites for hydroxylation is 1. The number of anilines is 5. The van der Waals surface area contributed by atoms with Gasteiger partial charge in [-0.2, -0.15) is 0 Å². The third-order valence-corrected chi connectivity index (χ3v) is 13.6. The van der Waals surface area contributed by atoms with Crippen LogP contribution >= 0.6 is 0 Å². The van der Waals surface area contributed by atoms with Gasteiger partial charge in [-0.05, 0) is 124 Å². The molecule has 0 amide bonds. The molecule has 3 heteroatoms. The summed E-state index contributed by atoms with van der Waals surface area (Å²) in [5.74, 6) is 0. The van der Waals surface area contributed by atoms with Crippen molar-refractivity contribution in [1.82, 2.24) is 0 Å². The maximum atomic E-state index is 2.84. The molecule has 1 aliphatic carbocycles. The van der Waals surface area contributed by atoms with Crippen LogP contribution in [-0.2, 0) is 5.41 Å². The quantitative estimate of drug-likeness (QED) is 0.169. The highest BCUT2D eigenvalue weighted by Gasteiger charge is 2.61. The molecule has 0 radical (unpaired) electrons. The zero-order valence-corrected chi connectivity index (χ0v) is 31.3. The lowest BCUT2D eigenvalue weighted by molar-refractivity contribution is 0.195. The van der Waals surface area contributed by atoms with E-state index in [9.17, 15) is 0 Å². The van der Waals surface area contributed by atoms with Gasteiger partial charge >= 0.3 is 0 Å². The Morgan fingerprint density at radius 3 is 1.74 bits per heavy atom. The van der Waals surface area contributed by atoms with Crippen molar-refractivity contribution in [3.63, 3.8) is 0 Å². The van der Waals surface area contributed by atoms with Crippen LogP contribution in [-0.4, -0.2) is 12.3 Å². The fourth-order valence-electron chi connectivity index (χ4n) is 10.8. The molecule has 7 aromatic rings. The van der Waals surface area contributed by atoms with Crippen LogP contribution < -0.4 is 26.2 Å². The molecule has 2 unspecified atom stereocenters. The first-order valence-corrected chi connectivity index (χ1v) is 19.8. The summed E-state index contributed by atoms with van der Waals surface area (Å²) in [4.78, 5) is 5.41. The Bertz CT molecular complexity index is 2600. The van der Waals surface area contributed by atoms with E-state index in [1.807, 2.05) is 0 Å². The fraction of sp³-hybridized carbons (Fsp3) is 0.176. The lowest BCUT2D eigenvalue weighted by atomic mass is 9.33. The first-order valence-electron chi connectivity index (χ1n) is 19.8. The van der Waals surface area contributed by atoms with Crippen molar-refractivity contribution in [2.24, 2.45) is 0 Å². The number of hydrogen-bond donors (Lipinski definition) is 0. The summed E-state index contributed by atoms with van der Waals surface area (Å²) >= 11 is 0. The number of nitrogens with zero attached hydrogens (tertiary/aromatic N) is 2. The Labute approximate surface area is 319 Å². The zero-order chi connectivity index (χ0) is 36.2. The molecule has 2 nitrogen and oxygen atoms in total. The van der Waals surface area contributed by atoms with Gasteiger partial charge in [0.1, 0.15) is 0 Å². The maximum Gasteiger partial charge on any atom is 0.252 e. The van der Waals surface area contributed by atoms with Crippen molar-refractivity contribution in [1.29, 1.82) is 0 Å². The average Bonchev–Trinajstić information content (AvgIpc) is 3.43. The van der Waals surface area contributed by atoms with Crippen LogP contribution in [0.4, 0.5) is 28.4 Å². The van der Waals surface area contributed by atoms with E-state index in [1.165, 1.54) is 115 Å². The molecule has 4 aliphatic rings. The second kappa shape index (κ2) is 11.6. The predicted molar refractivity (Wildman–Crippen MR) is 230 cm³/mol. The molecular formula is C51H43BN2. The van der Waals surface area contributed by atoms with Gasteiger partial charge in [-0.1, -0.05) is 141 Å². The monoisotopic (exact) mass is 694 g/mol. The molecule has 1 fully saturated rings. The number of fused-ring (bicyclic) bond motifs is 7. The molecule has 54 heavy (non-hydrogen) atoms. The molecule has 0 bridgehead atoms. The normalized spacial score (nSPS) is 20.2. The molecule has 3 heterocycles. The smallest absolute Gasteiger partial charge is 0.252 e. The summed E-state index contributed by atoms with van der Waals surface area (Å²) < 4.78 is 0. The Morgan fingerprint density at radius 1 is 0.500 bits per heavy atom. The van der Waals surface area contributed by atoms with Crippen molar-refractivity contribution in [2.45, 2.75) is 57.4 Å². The lowest BCUT2D eigenvalue weighted by Crippen LogP contribution is -2.64. The van der Waals surface area contributed by atoms with Crippen molar-refractivity contribution >= 4 is 51.5 Å². The molecule has 0 N–H and O–H groups in total. The summed E-state index contributed by atoms with van der Waals surface area (Å²) in [6, 6.07) is 59.3. The van der Waals surface area contributed by atoms with Crippen molar-refractivity contribution in [3.8, 4) is 33.4 Å².